The number of hydrogen-bond donors (Lipinski definition) is 1. The Morgan fingerprint density at radius 1 is 1.53 bits per heavy atom. The molecule has 0 saturated carbocycles. The predicted octanol–water partition coefficient (Wildman–Crippen LogP) is 2.69. The zero-order valence-corrected chi connectivity index (χ0v) is 10.3. The van der Waals surface area contributed by atoms with Gasteiger partial charge in [0.2, 0.25) is 5.95 Å². The Balaban J connectivity index is 2.17. The highest BCUT2D eigenvalue weighted by Crippen LogP contribution is 2.29. The van der Waals surface area contributed by atoms with Crippen molar-refractivity contribution in [1.29, 1.82) is 0 Å². The van der Waals surface area contributed by atoms with Crippen molar-refractivity contribution in [3.8, 4) is 0 Å². The van der Waals surface area contributed by atoms with E-state index in [1.807, 2.05) is 0 Å². The van der Waals surface area contributed by atoms with Gasteiger partial charge in [-0.1, -0.05) is 0 Å². The molecule has 3 nitrogen and oxygen atoms in total. The second-order valence-electron chi connectivity index (χ2n) is 3.99. The number of rotatable bonds is 3. The van der Waals surface area contributed by atoms with Gasteiger partial charge in [-0.3, -0.25) is 0 Å². The Labute approximate surface area is 95.7 Å². The van der Waals surface area contributed by atoms with Crippen molar-refractivity contribution >= 4 is 17.7 Å². The SMILES string of the molecule is CCNc1nc(C)cn1C1CCSCC1. The van der Waals surface area contributed by atoms with Gasteiger partial charge in [-0.15, -0.1) is 0 Å². The lowest BCUT2D eigenvalue weighted by Crippen LogP contribution is -2.17. The summed E-state index contributed by atoms with van der Waals surface area (Å²) in [5.41, 5.74) is 1.11. The molecule has 15 heavy (non-hydrogen) atoms. The number of aromatic nitrogens is 2. The van der Waals surface area contributed by atoms with Crippen molar-refractivity contribution in [2.75, 3.05) is 23.4 Å². The Morgan fingerprint density at radius 2 is 2.27 bits per heavy atom. The molecular formula is C11H19N3S. The predicted molar refractivity (Wildman–Crippen MR) is 66.7 cm³/mol. The van der Waals surface area contributed by atoms with E-state index in [0.717, 1.165) is 18.2 Å². The van der Waals surface area contributed by atoms with E-state index in [9.17, 15) is 0 Å². The maximum Gasteiger partial charge on any atom is 0.203 e. The molecular weight excluding hydrogens is 206 g/mol. The minimum atomic E-state index is 0.654. The number of hydrogen-bond acceptors (Lipinski definition) is 3. The zero-order chi connectivity index (χ0) is 10.7. The van der Waals surface area contributed by atoms with Crippen LogP contribution in [0.4, 0.5) is 5.95 Å². The normalized spacial score (nSPS) is 18.0. The fraction of sp³-hybridized carbons (Fsp3) is 0.727. The molecule has 4 heteroatoms. The molecule has 0 spiro atoms. The molecule has 1 saturated heterocycles. The average Bonchev–Trinajstić information content (AvgIpc) is 2.62. The summed E-state index contributed by atoms with van der Waals surface area (Å²) < 4.78 is 2.33. The first-order valence-corrected chi connectivity index (χ1v) is 6.84. The van der Waals surface area contributed by atoms with Crippen LogP contribution in [0.2, 0.25) is 0 Å². The van der Waals surface area contributed by atoms with Gasteiger partial charge < -0.3 is 9.88 Å². The summed E-state index contributed by atoms with van der Waals surface area (Å²) in [4.78, 5) is 4.52. The van der Waals surface area contributed by atoms with E-state index < -0.39 is 0 Å². The minimum absolute atomic E-state index is 0.654. The van der Waals surface area contributed by atoms with Crippen LogP contribution >= 0.6 is 11.8 Å². The number of aryl methyl sites for hydroxylation is 1. The Kier molecular flexibility index (Phi) is 3.57. The largest absolute Gasteiger partial charge is 0.356 e. The molecule has 1 aromatic rings. The van der Waals surface area contributed by atoms with Gasteiger partial charge in [-0.25, -0.2) is 4.98 Å². The summed E-state index contributed by atoms with van der Waals surface area (Å²) in [6.45, 7) is 5.12. The number of nitrogens with one attached hydrogen (secondary N) is 1. The van der Waals surface area contributed by atoms with Gasteiger partial charge in [0.25, 0.3) is 0 Å². The summed E-state index contributed by atoms with van der Waals surface area (Å²) in [5, 5.41) is 3.34. The van der Waals surface area contributed by atoms with Gasteiger partial charge >= 0.3 is 0 Å². The quantitative estimate of drug-likeness (QED) is 0.857. The fourth-order valence-corrected chi connectivity index (χ4v) is 3.13. The molecule has 0 amide bonds. The molecule has 0 atom stereocenters. The maximum absolute atomic E-state index is 4.52. The highest BCUT2D eigenvalue weighted by atomic mass is 32.2. The van der Waals surface area contributed by atoms with E-state index in [-0.39, 0.29) is 0 Å². The molecule has 0 aromatic carbocycles. The number of imidazole rings is 1. The van der Waals surface area contributed by atoms with E-state index in [4.69, 9.17) is 0 Å². The Hall–Kier alpha value is -0.640. The summed E-state index contributed by atoms with van der Waals surface area (Å²) in [5.74, 6) is 3.62. The molecule has 0 bridgehead atoms. The van der Waals surface area contributed by atoms with Gasteiger partial charge in [0.05, 0.1) is 5.69 Å². The number of nitrogens with zero attached hydrogens (tertiary/aromatic N) is 2. The van der Waals surface area contributed by atoms with Crippen LogP contribution in [0.15, 0.2) is 6.20 Å². The monoisotopic (exact) mass is 225 g/mol. The molecule has 1 aromatic heterocycles. The topological polar surface area (TPSA) is 29.9 Å². The van der Waals surface area contributed by atoms with E-state index in [0.29, 0.717) is 6.04 Å². The molecule has 1 aliphatic heterocycles. The molecule has 0 aliphatic carbocycles. The lowest BCUT2D eigenvalue weighted by molar-refractivity contribution is 0.473. The summed E-state index contributed by atoms with van der Waals surface area (Å²) in [6.07, 6.45) is 4.73. The lowest BCUT2D eigenvalue weighted by atomic mass is 10.1. The number of thioether (sulfide) groups is 1. The van der Waals surface area contributed by atoms with Gasteiger partial charge in [0.1, 0.15) is 0 Å². The number of anilines is 1. The van der Waals surface area contributed by atoms with Crippen LogP contribution in [0.1, 0.15) is 31.5 Å². The van der Waals surface area contributed by atoms with Crippen LogP contribution in [0.25, 0.3) is 0 Å². The van der Waals surface area contributed by atoms with Crippen molar-refractivity contribution in [2.24, 2.45) is 0 Å². The van der Waals surface area contributed by atoms with Crippen LogP contribution in [0.3, 0.4) is 0 Å². The second-order valence-corrected chi connectivity index (χ2v) is 5.21. The van der Waals surface area contributed by atoms with Crippen LogP contribution < -0.4 is 5.32 Å². The third kappa shape index (κ3) is 2.48. The van der Waals surface area contributed by atoms with Gasteiger partial charge in [0.15, 0.2) is 0 Å². The van der Waals surface area contributed by atoms with Crippen molar-refractivity contribution in [3.63, 3.8) is 0 Å². The molecule has 2 rings (SSSR count). The van der Waals surface area contributed by atoms with Crippen LogP contribution in [-0.2, 0) is 0 Å². The van der Waals surface area contributed by atoms with E-state index in [1.165, 1.54) is 24.3 Å². The molecule has 1 N–H and O–H groups in total. The van der Waals surface area contributed by atoms with Crippen LogP contribution in [0.5, 0.6) is 0 Å². The van der Waals surface area contributed by atoms with Gasteiger partial charge in [-0.2, -0.15) is 11.8 Å². The van der Waals surface area contributed by atoms with Crippen molar-refractivity contribution in [1.82, 2.24) is 9.55 Å². The Morgan fingerprint density at radius 3 is 2.93 bits per heavy atom. The molecule has 0 radical (unpaired) electrons. The molecule has 0 unspecified atom stereocenters. The van der Waals surface area contributed by atoms with E-state index in [1.54, 1.807) is 0 Å². The highest BCUT2D eigenvalue weighted by Gasteiger charge is 2.18. The smallest absolute Gasteiger partial charge is 0.203 e. The van der Waals surface area contributed by atoms with Crippen molar-refractivity contribution in [3.05, 3.63) is 11.9 Å². The van der Waals surface area contributed by atoms with Gasteiger partial charge in [0, 0.05) is 18.8 Å². The summed E-state index contributed by atoms with van der Waals surface area (Å²) >= 11 is 2.07. The first-order chi connectivity index (χ1) is 7.31. The Bertz CT molecular complexity index is 316. The minimum Gasteiger partial charge on any atom is -0.356 e. The standard InChI is InChI=1S/C11H19N3S/c1-3-12-11-13-9(2)8-14(11)10-4-6-15-7-5-10/h8,10H,3-7H2,1-2H3,(H,12,13). The molecule has 84 valence electrons. The van der Waals surface area contributed by atoms with E-state index in [2.05, 4.69) is 46.7 Å². The van der Waals surface area contributed by atoms with Gasteiger partial charge in [-0.05, 0) is 38.2 Å². The van der Waals surface area contributed by atoms with Crippen molar-refractivity contribution < 1.29 is 0 Å². The third-order valence-corrected chi connectivity index (χ3v) is 3.82. The third-order valence-electron chi connectivity index (χ3n) is 2.77. The highest BCUT2D eigenvalue weighted by molar-refractivity contribution is 7.99. The first-order valence-electron chi connectivity index (χ1n) is 5.68. The van der Waals surface area contributed by atoms with Crippen LogP contribution in [0, 0.1) is 6.92 Å². The summed E-state index contributed by atoms with van der Waals surface area (Å²) in [6, 6.07) is 0.654. The zero-order valence-electron chi connectivity index (χ0n) is 9.49. The fourth-order valence-electron chi connectivity index (χ4n) is 2.05. The summed E-state index contributed by atoms with van der Waals surface area (Å²) in [7, 11) is 0. The molecule has 1 fully saturated rings. The van der Waals surface area contributed by atoms with Crippen LogP contribution in [-0.4, -0.2) is 27.6 Å². The average molecular weight is 225 g/mol. The van der Waals surface area contributed by atoms with Crippen molar-refractivity contribution in [2.45, 2.75) is 32.7 Å². The first kappa shape index (κ1) is 10.9. The lowest BCUT2D eigenvalue weighted by Gasteiger charge is -2.24. The molecule has 2 heterocycles. The molecule has 1 aliphatic rings. The second kappa shape index (κ2) is 4.92. The van der Waals surface area contributed by atoms with E-state index >= 15 is 0 Å². The maximum atomic E-state index is 4.52.